The minimum absolute atomic E-state index is 0. The van der Waals surface area contributed by atoms with E-state index in [1.807, 2.05) is 0 Å². The van der Waals surface area contributed by atoms with Crippen molar-refractivity contribution >= 4 is 11.6 Å². The average Bonchev–Trinajstić information content (AvgIpc) is 2.27. The molecule has 1 nitrogen and oxygen atoms in total. The summed E-state index contributed by atoms with van der Waals surface area (Å²) in [7, 11) is 4.57. The molecule has 112 valence electrons. The zero-order valence-corrected chi connectivity index (χ0v) is 15.6. The van der Waals surface area contributed by atoms with Crippen LogP contribution in [-0.2, 0) is 0 Å². The summed E-state index contributed by atoms with van der Waals surface area (Å²) in [5.41, 5.74) is 0. The Kier molecular flexibility index (Phi) is 17.0. The summed E-state index contributed by atoms with van der Waals surface area (Å²) in [5.74, 6) is 0.782. The highest BCUT2D eigenvalue weighted by atomic mass is 127. The summed E-state index contributed by atoms with van der Waals surface area (Å²) in [4.78, 5) is 0. The quantitative estimate of drug-likeness (QED) is 0.207. The molecule has 0 aromatic heterocycles. The van der Waals surface area contributed by atoms with E-state index < -0.39 is 0 Å². The van der Waals surface area contributed by atoms with Gasteiger partial charge in [0.15, 0.2) is 0 Å². The highest BCUT2D eigenvalue weighted by molar-refractivity contribution is 6.17. The van der Waals surface area contributed by atoms with Gasteiger partial charge in [0.25, 0.3) is 0 Å². The molecule has 0 amide bonds. The Morgan fingerprint density at radius 2 is 1.17 bits per heavy atom. The zero-order chi connectivity index (χ0) is 13.0. The first kappa shape index (κ1) is 21.3. The molecule has 0 unspecified atom stereocenters. The number of rotatable bonds is 12. The molecule has 0 spiro atoms. The van der Waals surface area contributed by atoms with E-state index in [1.165, 1.54) is 64.3 Å². The molecule has 0 bridgehead atoms. The Morgan fingerprint density at radius 3 is 1.61 bits per heavy atom. The molecular formula is C15H33ClIN. The fourth-order valence-corrected chi connectivity index (χ4v) is 2.65. The normalized spacial score (nSPS) is 11.3. The van der Waals surface area contributed by atoms with Crippen LogP contribution in [-0.4, -0.2) is 37.5 Å². The van der Waals surface area contributed by atoms with Crippen LogP contribution in [0.3, 0.4) is 0 Å². The summed E-state index contributed by atoms with van der Waals surface area (Å²) in [5, 5.41) is 0. The molecule has 0 rings (SSSR count). The first-order valence-electron chi connectivity index (χ1n) is 7.50. The first-order chi connectivity index (χ1) is 8.12. The third-order valence-corrected chi connectivity index (χ3v) is 3.73. The highest BCUT2D eigenvalue weighted by Gasteiger charge is 2.12. The Hall–Kier alpha value is 0.980. The second kappa shape index (κ2) is 14.4. The van der Waals surface area contributed by atoms with Crippen molar-refractivity contribution in [1.82, 2.24) is 0 Å². The smallest absolute Gasteiger partial charge is 0.0920 e. The number of quaternary nitrogens is 1. The minimum Gasteiger partial charge on any atom is -1.00 e. The van der Waals surface area contributed by atoms with Crippen LogP contribution < -0.4 is 24.0 Å². The van der Waals surface area contributed by atoms with Gasteiger partial charge in [-0.3, -0.25) is 0 Å². The van der Waals surface area contributed by atoms with Crippen molar-refractivity contribution in [2.24, 2.45) is 0 Å². The number of hydrogen-bond acceptors (Lipinski definition) is 0. The Bertz CT molecular complexity index is 163. The summed E-state index contributed by atoms with van der Waals surface area (Å²) in [6.45, 7) is 4.65. The molecule has 0 saturated carbocycles. The molecule has 0 heterocycles. The molecule has 0 aliphatic rings. The van der Waals surface area contributed by atoms with Crippen molar-refractivity contribution in [3.8, 4) is 0 Å². The summed E-state index contributed by atoms with van der Waals surface area (Å²) < 4.78 is 1.08. The van der Waals surface area contributed by atoms with Gasteiger partial charge in [0.1, 0.15) is 0 Å². The van der Waals surface area contributed by atoms with Crippen molar-refractivity contribution in [3.63, 3.8) is 0 Å². The molecular weight excluding hydrogens is 357 g/mol. The molecule has 0 atom stereocenters. The van der Waals surface area contributed by atoms with Crippen LogP contribution in [0.2, 0.25) is 0 Å². The average molecular weight is 390 g/mol. The van der Waals surface area contributed by atoms with E-state index in [9.17, 15) is 0 Å². The van der Waals surface area contributed by atoms with Crippen LogP contribution in [0.4, 0.5) is 0 Å². The summed E-state index contributed by atoms with van der Waals surface area (Å²) in [6, 6.07) is 0. The first-order valence-corrected chi connectivity index (χ1v) is 8.04. The van der Waals surface area contributed by atoms with Gasteiger partial charge in [0.05, 0.1) is 33.1 Å². The molecule has 0 aliphatic carbocycles. The molecule has 3 heteroatoms. The fraction of sp³-hybridized carbons (Fsp3) is 1.00. The maximum Gasteiger partial charge on any atom is 0.0920 e. The van der Waals surface area contributed by atoms with E-state index in [0.29, 0.717) is 0 Å². The third-order valence-electron chi connectivity index (χ3n) is 3.56. The van der Waals surface area contributed by atoms with E-state index >= 15 is 0 Å². The second-order valence-corrected chi connectivity index (χ2v) is 6.28. The minimum atomic E-state index is 0. The van der Waals surface area contributed by atoms with E-state index in [1.54, 1.807) is 0 Å². The molecule has 0 radical (unpaired) electrons. The van der Waals surface area contributed by atoms with Crippen LogP contribution in [0.1, 0.15) is 64.7 Å². The lowest BCUT2D eigenvalue weighted by Crippen LogP contribution is -3.00. The lowest BCUT2D eigenvalue weighted by Gasteiger charge is -2.28. The van der Waals surface area contributed by atoms with Crippen molar-refractivity contribution in [2.45, 2.75) is 64.7 Å². The highest BCUT2D eigenvalue weighted by Crippen LogP contribution is 2.10. The Labute approximate surface area is 137 Å². The molecule has 0 saturated heterocycles. The summed E-state index contributed by atoms with van der Waals surface area (Å²) in [6.07, 6.45) is 12.7. The lowest BCUT2D eigenvalue weighted by molar-refractivity contribution is -0.888. The number of unbranched alkanes of at least 4 members (excludes halogenated alkanes) is 8. The van der Waals surface area contributed by atoms with Gasteiger partial charge in [-0.1, -0.05) is 51.9 Å². The van der Waals surface area contributed by atoms with Gasteiger partial charge in [-0.15, -0.1) is 11.6 Å². The SMILES string of the molecule is CCCCCCCCCCC[N+](C)(C)CCCl.[I-]. The number of halogens is 2. The summed E-state index contributed by atoms with van der Waals surface area (Å²) >= 11 is 5.79. The number of hydrogen-bond donors (Lipinski definition) is 0. The Morgan fingerprint density at radius 1 is 0.722 bits per heavy atom. The molecule has 0 aliphatic heterocycles. The van der Waals surface area contributed by atoms with E-state index in [4.69, 9.17) is 11.6 Å². The van der Waals surface area contributed by atoms with Crippen molar-refractivity contribution in [2.75, 3.05) is 33.1 Å². The van der Waals surface area contributed by atoms with Crippen LogP contribution in [0.25, 0.3) is 0 Å². The Balaban J connectivity index is 0. The zero-order valence-electron chi connectivity index (χ0n) is 12.7. The van der Waals surface area contributed by atoms with Gasteiger partial charge in [0.2, 0.25) is 0 Å². The maximum absolute atomic E-state index is 5.79. The third kappa shape index (κ3) is 15.0. The lowest BCUT2D eigenvalue weighted by atomic mass is 10.1. The standard InChI is InChI=1S/C15H33ClN.HI/c1-4-5-6-7-8-9-10-11-12-14-17(2,3)15-13-16;/h4-15H2,1-3H3;1H/q+1;/p-1. The monoisotopic (exact) mass is 389 g/mol. The van der Waals surface area contributed by atoms with E-state index in [2.05, 4.69) is 21.0 Å². The van der Waals surface area contributed by atoms with Crippen molar-refractivity contribution in [1.29, 1.82) is 0 Å². The van der Waals surface area contributed by atoms with Gasteiger partial charge >= 0.3 is 0 Å². The number of alkyl halides is 1. The van der Waals surface area contributed by atoms with Crippen LogP contribution in [0.5, 0.6) is 0 Å². The van der Waals surface area contributed by atoms with Crippen LogP contribution in [0, 0.1) is 0 Å². The largest absolute Gasteiger partial charge is 1.00 e. The van der Waals surface area contributed by atoms with Gasteiger partial charge in [-0.2, -0.15) is 0 Å². The molecule has 18 heavy (non-hydrogen) atoms. The van der Waals surface area contributed by atoms with Crippen LogP contribution >= 0.6 is 11.6 Å². The fourth-order valence-electron chi connectivity index (χ4n) is 2.19. The van der Waals surface area contributed by atoms with Gasteiger partial charge < -0.3 is 28.5 Å². The van der Waals surface area contributed by atoms with E-state index in [0.717, 1.165) is 16.9 Å². The maximum atomic E-state index is 5.79. The molecule has 0 N–H and O–H groups in total. The van der Waals surface area contributed by atoms with Crippen molar-refractivity contribution in [3.05, 3.63) is 0 Å². The van der Waals surface area contributed by atoms with Crippen LogP contribution in [0.15, 0.2) is 0 Å². The van der Waals surface area contributed by atoms with Crippen molar-refractivity contribution < 1.29 is 28.5 Å². The molecule has 0 fully saturated rings. The van der Waals surface area contributed by atoms with Gasteiger partial charge in [-0.25, -0.2) is 0 Å². The van der Waals surface area contributed by atoms with Gasteiger partial charge in [0, 0.05) is 0 Å². The topological polar surface area (TPSA) is 0 Å². The molecule has 0 aromatic carbocycles. The predicted octanol–water partition coefficient (Wildman–Crippen LogP) is 1.84. The number of nitrogens with zero attached hydrogens (tertiary/aromatic N) is 1. The second-order valence-electron chi connectivity index (χ2n) is 5.90. The van der Waals surface area contributed by atoms with E-state index in [-0.39, 0.29) is 24.0 Å². The molecule has 0 aromatic rings. The predicted molar refractivity (Wildman–Crippen MR) is 79.8 cm³/mol. The van der Waals surface area contributed by atoms with Gasteiger partial charge in [-0.05, 0) is 12.8 Å².